The topological polar surface area (TPSA) is 72.2 Å². The number of nitrogens with zero attached hydrogens (tertiary/aromatic N) is 1. The van der Waals surface area contributed by atoms with E-state index in [4.69, 9.17) is 4.42 Å². The zero-order valence-corrected chi connectivity index (χ0v) is 17.6. The van der Waals surface area contributed by atoms with E-state index in [2.05, 4.69) is 9.71 Å². The van der Waals surface area contributed by atoms with Crippen LogP contribution in [0, 0.1) is 0 Å². The number of rotatable bonds is 6. The third-order valence-corrected chi connectivity index (χ3v) is 6.36. The molecule has 3 aromatic carbocycles. The summed E-state index contributed by atoms with van der Waals surface area (Å²) in [7, 11) is -3.67. The van der Waals surface area contributed by atoms with Crippen LogP contribution in [-0.2, 0) is 10.0 Å². The Labute approximate surface area is 176 Å². The van der Waals surface area contributed by atoms with Gasteiger partial charge in [-0.05, 0) is 48.7 Å². The molecule has 0 amide bonds. The van der Waals surface area contributed by atoms with Crippen molar-refractivity contribution in [1.29, 1.82) is 0 Å². The second-order valence-corrected chi connectivity index (χ2v) is 8.92. The van der Waals surface area contributed by atoms with Crippen LogP contribution in [0.1, 0.15) is 13.8 Å². The summed E-state index contributed by atoms with van der Waals surface area (Å²) in [5.74, 6) is 0.515. The number of aromatic nitrogens is 1. The van der Waals surface area contributed by atoms with Crippen LogP contribution in [0.25, 0.3) is 33.7 Å². The first-order valence-corrected chi connectivity index (χ1v) is 11.1. The van der Waals surface area contributed by atoms with E-state index in [9.17, 15) is 8.42 Å². The van der Waals surface area contributed by atoms with Crippen molar-refractivity contribution in [3.05, 3.63) is 85.3 Å². The molecule has 0 aliphatic carbocycles. The lowest BCUT2D eigenvalue weighted by Crippen LogP contribution is -2.30. The molecular formula is C24H22N2O3S. The van der Waals surface area contributed by atoms with E-state index in [0.29, 0.717) is 11.5 Å². The van der Waals surface area contributed by atoms with E-state index in [1.807, 2.05) is 60.7 Å². The predicted molar refractivity (Wildman–Crippen MR) is 118 cm³/mol. The summed E-state index contributed by atoms with van der Waals surface area (Å²) in [5.41, 5.74) is 4.16. The van der Waals surface area contributed by atoms with Gasteiger partial charge in [0.05, 0.1) is 11.1 Å². The maximum atomic E-state index is 13.0. The minimum atomic E-state index is -3.67. The summed E-state index contributed by atoms with van der Waals surface area (Å²) in [6.07, 6.45) is 3.13. The zero-order valence-electron chi connectivity index (χ0n) is 16.7. The fraction of sp³-hybridized carbons (Fsp3) is 0.125. The lowest BCUT2D eigenvalue weighted by molar-refractivity contribution is 0.570. The van der Waals surface area contributed by atoms with Gasteiger partial charge < -0.3 is 4.42 Å². The van der Waals surface area contributed by atoms with Crippen LogP contribution in [-0.4, -0.2) is 19.4 Å². The van der Waals surface area contributed by atoms with Gasteiger partial charge in [-0.3, -0.25) is 0 Å². The average Bonchev–Trinajstić information content (AvgIpc) is 3.28. The molecule has 30 heavy (non-hydrogen) atoms. The largest absolute Gasteiger partial charge is 0.445 e. The molecular weight excluding hydrogens is 396 g/mol. The Morgan fingerprint density at radius 1 is 0.833 bits per heavy atom. The average molecular weight is 419 g/mol. The Kier molecular flexibility index (Phi) is 5.53. The predicted octanol–water partition coefficient (Wildman–Crippen LogP) is 5.36. The highest BCUT2D eigenvalue weighted by Crippen LogP contribution is 2.38. The zero-order chi connectivity index (χ0) is 21.1. The lowest BCUT2D eigenvalue weighted by Gasteiger charge is -2.17. The van der Waals surface area contributed by atoms with Crippen LogP contribution in [0.5, 0.6) is 0 Å². The number of hydrogen-bond donors (Lipinski definition) is 1. The molecule has 0 spiro atoms. The second kappa shape index (κ2) is 8.26. The highest BCUT2D eigenvalue weighted by molar-refractivity contribution is 7.89. The quantitative estimate of drug-likeness (QED) is 0.457. The Balaban J connectivity index is 1.94. The summed E-state index contributed by atoms with van der Waals surface area (Å²) in [4.78, 5) is 4.49. The fourth-order valence-electron chi connectivity index (χ4n) is 3.43. The van der Waals surface area contributed by atoms with Crippen LogP contribution < -0.4 is 4.72 Å². The number of oxazole rings is 1. The van der Waals surface area contributed by atoms with Gasteiger partial charge in [0.15, 0.2) is 0 Å². The van der Waals surface area contributed by atoms with Crippen molar-refractivity contribution in [3.63, 3.8) is 0 Å². The molecule has 0 fully saturated rings. The Bertz CT molecular complexity index is 1250. The van der Waals surface area contributed by atoms with Crippen LogP contribution in [0.3, 0.4) is 0 Å². The van der Waals surface area contributed by atoms with Crippen LogP contribution in [0.4, 0.5) is 0 Å². The summed E-state index contributed by atoms with van der Waals surface area (Å²) < 4.78 is 34.2. The minimum absolute atomic E-state index is 0.205. The molecule has 1 heterocycles. The van der Waals surface area contributed by atoms with Crippen molar-refractivity contribution in [3.8, 4) is 33.7 Å². The third-order valence-electron chi connectivity index (χ3n) is 4.64. The molecule has 0 saturated heterocycles. The van der Waals surface area contributed by atoms with Gasteiger partial charge in [0, 0.05) is 17.2 Å². The van der Waals surface area contributed by atoms with Gasteiger partial charge >= 0.3 is 0 Å². The molecule has 0 bridgehead atoms. The second-order valence-electron chi connectivity index (χ2n) is 7.24. The molecule has 0 saturated carbocycles. The molecule has 0 atom stereocenters. The van der Waals surface area contributed by atoms with Gasteiger partial charge in [-0.1, -0.05) is 54.6 Å². The van der Waals surface area contributed by atoms with Crippen LogP contribution >= 0.6 is 0 Å². The highest BCUT2D eigenvalue weighted by atomic mass is 32.2. The van der Waals surface area contributed by atoms with Crippen molar-refractivity contribution in [2.75, 3.05) is 0 Å². The van der Waals surface area contributed by atoms with E-state index >= 15 is 0 Å². The Morgan fingerprint density at radius 3 is 2.27 bits per heavy atom. The molecule has 5 nitrogen and oxygen atoms in total. The number of sulfonamides is 1. The Morgan fingerprint density at radius 2 is 1.57 bits per heavy atom. The van der Waals surface area contributed by atoms with Gasteiger partial charge in [0.2, 0.25) is 15.9 Å². The van der Waals surface area contributed by atoms with Crippen molar-refractivity contribution in [2.24, 2.45) is 0 Å². The van der Waals surface area contributed by atoms with Gasteiger partial charge in [-0.25, -0.2) is 18.1 Å². The van der Waals surface area contributed by atoms with Crippen molar-refractivity contribution < 1.29 is 12.8 Å². The summed E-state index contributed by atoms with van der Waals surface area (Å²) in [6.45, 7) is 3.61. The standard InChI is InChI=1S/C24H22N2O3S/c1-17(2)26-30(27,28)23-11-7-6-10-21(23)20-13-12-19(24-25-14-15-29-24)16-22(20)18-8-4-3-5-9-18/h3-17,26H,1-2H3. The molecule has 1 N–H and O–H groups in total. The number of hydrogen-bond acceptors (Lipinski definition) is 4. The molecule has 0 aliphatic heterocycles. The van der Waals surface area contributed by atoms with Gasteiger partial charge in [0.25, 0.3) is 0 Å². The normalized spacial score (nSPS) is 11.7. The molecule has 0 aliphatic rings. The van der Waals surface area contributed by atoms with Crippen molar-refractivity contribution in [2.45, 2.75) is 24.8 Å². The van der Waals surface area contributed by atoms with E-state index in [1.54, 1.807) is 32.2 Å². The van der Waals surface area contributed by atoms with Gasteiger partial charge in [-0.15, -0.1) is 0 Å². The molecule has 0 radical (unpaired) electrons. The first-order valence-electron chi connectivity index (χ1n) is 9.67. The first kappa shape index (κ1) is 20.1. The van der Waals surface area contributed by atoms with E-state index in [1.165, 1.54) is 6.26 Å². The SMILES string of the molecule is CC(C)NS(=O)(=O)c1ccccc1-c1ccc(-c2ncco2)cc1-c1ccccc1. The fourth-order valence-corrected chi connectivity index (χ4v) is 4.90. The van der Waals surface area contributed by atoms with Crippen LogP contribution in [0.2, 0.25) is 0 Å². The number of nitrogens with one attached hydrogen (secondary N) is 1. The molecule has 4 rings (SSSR count). The molecule has 6 heteroatoms. The summed E-state index contributed by atoms with van der Waals surface area (Å²) in [5, 5.41) is 0. The summed E-state index contributed by atoms with van der Waals surface area (Å²) in [6, 6.07) is 22.5. The van der Waals surface area contributed by atoms with Crippen molar-refractivity contribution in [1.82, 2.24) is 9.71 Å². The van der Waals surface area contributed by atoms with E-state index in [0.717, 1.165) is 22.3 Å². The Hall–Kier alpha value is -3.22. The van der Waals surface area contributed by atoms with Gasteiger partial charge in [0.1, 0.15) is 6.26 Å². The minimum Gasteiger partial charge on any atom is -0.445 e. The number of benzene rings is 3. The van der Waals surface area contributed by atoms with E-state index < -0.39 is 10.0 Å². The highest BCUT2D eigenvalue weighted by Gasteiger charge is 2.22. The first-order chi connectivity index (χ1) is 14.5. The third kappa shape index (κ3) is 4.06. The van der Waals surface area contributed by atoms with E-state index in [-0.39, 0.29) is 10.9 Å². The van der Waals surface area contributed by atoms with Crippen LogP contribution in [0.15, 0.2) is 94.6 Å². The molecule has 1 aromatic heterocycles. The van der Waals surface area contributed by atoms with Crippen molar-refractivity contribution >= 4 is 10.0 Å². The maximum Gasteiger partial charge on any atom is 0.241 e. The monoisotopic (exact) mass is 418 g/mol. The maximum absolute atomic E-state index is 13.0. The summed E-state index contributed by atoms with van der Waals surface area (Å²) >= 11 is 0. The molecule has 0 unspecified atom stereocenters. The molecule has 4 aromatic rings. The molecule has 152 valence electrons. The lowest BCUT2D eigenvalue weighted by atomic mass is 9.92. The smallest absolute Gasteiger partial charge is 0.241 e. The van der Waals surface area contributed by atoms with Gasteiger partial charge in [-0.2, -0.15) is 0 Å².